The molecule has 0 fully saturated rings. The predicted molar refractivity (Wildman–Crippen MR) is 67.9 cm³/mol. The third-order valence-corrected chi connectivity index (χ3v) is 3.94. The minimum Gasteiger partial charge on any atom is -0.331 e. The van der Waals surface area contributed by atoms with Gasteiger partial charge < -0.3 is 4.57 Å². The van der Waals surface area contributed by atoms with E-state index in [4.69, 9.17) is 0 Å². The van der Waals surface area contributed by atoms with Crippen LogP contribution in [0.1, 0.15) is 22.4 Å². The van der Waals surface area contributed by atoms with Gasteiger partial charge in [-0.3, -0.25) is 5.32 Å². The fourth-order valence-corrected chi connectivity index (χ4v) is 2.84. The molecular weight excluding hydrogens is 196 g/mol. The van der Waals surface area contributed by atoms with Crippen molar-refractivity contribution in [2.45, 2.75) is 33.9 Å². The van der Waals surface area contributed by atoms with E-state index in [1.807, 2.05) is 0 Å². The Hall–Kier alpha value is -1.28. The van der Waals surface area contributed by atoms with Crippen LogP contribution in [-0.2, 0) is 13.1 Å². The van der Waals surface area contributed by atoms with Gasteiger partial charge in [-0.15, -0.1) is 0 Å². The lowest BCUT2D eigenvalue weighted by Crippen LogP contribution is -2.28. The number of benzene rings is 1. The van der Waals surface area contributed by atoms with Crippen molar-refractivity contribution in [3.8, 4) is 0 Å². The highest BCUT2D eigenvalue weighted by Crippen LogP contribution is 2.30. The summed E-state index contributed by atoms with van der Waals surface area (Å²) in [4.78, 5) is 0. The summed E-state index contributed by atoms with van der Waals surface area (Å²) in [6, 6.07) is 4.52. The van der Waals surface area contributed by atoms with Crippen LogP contribution in [0.15, 0.2) is 12.1 Å². The van der Waals surface area contributed by atoms with E-state index in [1.54, 1.807) is 0 Å². The molecule has 16 heavy (non-hydrogen) atoms. The van der Waals surface area contributed by atoms with E-state index in [0.29, 0.717) is 0 Å². The van der Waals surface area contributed by atoms with Crippen molar-refractivity contribution in [2.75, 3.05) is 6.54 Å². The number of hydrogen-bond donors (Lipinski definition) is 1. The van der Waals surface area contributed by atoms with E-state index in [2.05, 4.69) is 42.8 Å². The van der Waals surface area contributed by atoms with Gasteiger partial charge in [0.2, 0.25) is 0 Å². The maximum Gasteiger partial charge on any atom is 0.0729 e. The second kappa shape index (κ2) is 3.36. The third kappa shape index (κ3) is 1.17. The number of nitrogens with zero attached hydrogens (tertiary/aromatic N) is 1. The zero-order valence-electron chi connectivity index (χ0n) is 10.2. The van der Waals surface area contributed by atoms with Gasteiger partial charge in [0, 0.05) is 24.0 Å². The van der Waals surface area contributed by atoms with Gasteiger partial charge in [0.15, 0.2) is 0 Å². The largest absolute Gasteiger partial charge is 0.331 e. The predicted octanol–water partition coefficient (Wildman–Crippen LogP) is 2.67. The Labute approximate surface area is 96.3 Å². The molecule has 2 aromatic rings. The first-order chi connectivity index (χ1) is 7.70. The smallest absolute Gasteiger partial charge is 0.0729 e. The molecule has 0 atom stereocenters. The van der Waals surface area contributed by atoms with E-state index >= 15 is 0 Å². The minimum absolute atomic E-state index is 0.962. The van der Waals surface area contributed by atoms with Crippen LogP contribution >= 0.6 is 0 Å². The Bertz CT molecular complexity index is 564. The van der Waals surface area contributed by atoms with Crippen LogP contribution in [0.5, 0.6) is 0 Å². The molecule has 1 aliphatic rings. The standard InChI is InChI=1S/C14H18N2/c1-9-4-5-12-11(3)13-6-7-15-8-16(13)14(12)10(9)2/h4-5,15H,6-8H2,1-3H3. The summed E-state index contributed by atoms with van der Waals surface area (Å²) in [6.07, 6.45) is 1.15. The van der Waals surface area contributed by atoms with Gasteiger partial charge >= 0.3 is 0 Å². The van der Waals surface area contributed by atoms with Crippen LogP contribution in [0.2, 0.25) is 0 Å². The topological polar surface area (TPSA) is 17.0 Å². The lowest BCUT2D eigenvalue weighted by Gasteiger charge is -2.19. The molecule has 0 saturated carbocycles. The molecule has 3 rings (SSSR count). The first kappa shape index (κ1) is 9.91. The van der Waals surface area contributed by atoms with Crippen molar-refractivity contribution >= 4 is 10.9 Å². The molecule has 1 aromatic carbocycles. The number of fused-ring (bicyclic) bond motifs is 3. The Morgan fingerprint density at radius 3 is 2.75 bits per heavy atom. The Balaban J connectivity index is 2.45. The van der Waals surface area contributed by atoms with Crippen LogP contribution < -0.4 is 5.32 Å². The SMILES string of the molecule is Cc1ccc2c(C)c3n(c2c1C)CNCC3. The van der Waals surface area contributed by atoms with Crippen molar-refractivity contribution in [3.05, 3.63) is 34.5 Å². The molecule has 0 aliphatic carbocycles. The quantitative estimate of drug-likeness (QED) is 0.713. The molecule has 2 heteroatoms. The molecular formula is C14H18N2. The summed E-state index contributed by atoms with van der Waals surface area (Å²) < 4.78 is 2.45. The second-order valence-electron chi connectivity index (χ2n) is 4.81. The molecule has 84 valence electrons. The summed E-state index contributed by atoms with van der Waals surface area (Å²) in [5.74, 6) is 0. The Morgan fingerprint density at radius 2 is 1.94 bits per heavy atom. The van der Waals surface area contributed by atoms with Crippen molar-refractivity contribution in [2.24, 2.45) is 0 Å². The fourth-order valence-electron chi connectivity index (χ4n) is 2.84. The average molecular weight is 214 g/mol. The molecule has 0 radical (unpaired) electrons. The minimum atomic E-state index is 0.962. The molecule has 1 N–H and O–H groups in total. The Morgan fingerprint density at radius 1 is 1.12 bits per heavy atom. The number of rotatable bonds is 0. The zero-order valence-corrected chi connectivity index (χ0v) is 10.2. The van der Waals surface area contributed by atoms with Gasteiger partial charge in [0.25, 0.3) is 0 Å². The summed E-state index contributed by atoms with van der Waals surface area (Å²) in [5.41, 5.74) is 7.23. The molecule has 0 bridgehead atoms. The maximum atomic E-state index is 3.46. The van der Waals surface area contributed by atoms with E-state index in [9.17, 15) is 0 Å². The van der Waals surface area contributed by atoms with Gasteiger partial charge in [-0.25, -0.2) is 0 Å². The summed E-state index contributed by atoms with van der Waals surface area (Å²) in [6.45, 7) is 8.76. The summed E-state index contributed by atoms with van der Waals surface area (Å²) in [7, 11) is 0. The highest BCUT2D eigenvalue weighted by molar-refractivity contribution is 5.89. The lowest BCUT2D eigenvalue weighted by atomic mass is 10.0. The lowest BCUT2D eigenvalue weighted by molar-refractivity contribution is 0.504. The van der Waals surface area contributed by atoms with Crippen molar-refractivity contribution in [1.29, 1.82) is 0 Å². The number of nitrogens with one attached hydrogen (secondary N) is 1. The van der Waals surface area contributed by atoms with Crippen LogP contribution in [0, 0.1) is 20.8 Å². The highest BCUT2D eigenvalue weighted by atomic mass is 15.1. The van der Waals surface area contributed by atoms with Gasteiger partial charge in [-0.2, -0.15) is 0 Å². The Kier molecular flexibility index (Phi) is 2.08. The summed E-state index contributed by atoms with van der Waals surface area (Å²) >= 11 is 0. The van der Waals surface area contributed by atoms with E-state index < -0.39 is 0 Å². The molecule has 1 aliphatic heterocycles. The van der Waals surface area contributed by atoms with Crippen molar-refractivity contribution in [3.63, 3.8) is 0 Å². The van der Waals surface area contributed by atoms with Gasteiger partial charge in [-0.1, -0.05) is 12.1 Å². The second-order valence-corrected chi connectivity index (χ2v) is 4.81. The van der Waals surface area contributed by atoms with Crippen molar-refractivity contribution < 1.29 is 0 Å². The first-order valence-electron chi connectivity index (χ1n) is 5.98. The van der Waals surface area contributed by atoms with Crippen LogP contribution in [-0.4, -0.2) is 11.1 Å². The van der Waals surface area contributed by atoms with Crippen LogP contribution in [0.25, 0.3) is 10.9 Å². The normalized spacial score (nSPS) is 15.4. The molecule has 2 heterocycles. The monoisotopic (exact) mass is 214 g/mol. The van der Waals surface area contributed by atoms with Crippen molar-refractivity contribution in [1.82, 2.24) is 9.88 Å². The molecule has 0 saturated heterocycles. The van der Waals surface area contributed by atoms with Gasteiger partial charge in [-0.05, 0) is 37.5 Å². The van der Waals surface area contributed by atoms with Crippen LogP contribution in [0.3, 0.4) is 0 Å². The van der Waals surface area contributed by atoms with E-state index in [0.717, 1.165) is 19.6 Å². The highest BCUT2D eigenvalue weighted by Gasteiger charge is 2.18. The maximum absolute atomic E-state index is 3.46. The molecule has 0 unspecified atom stereocenters. The zero-order chi connectivity index (χ0) is 11.3. The fraction of sp³-hybridized carbons (Fsp3) is 0.429. The first-order valence-corrected chi connectivity index (χ1v) is 5.98. The van der Waals surface area contributed by atoms with Gasteiger partial charge in [0.05, 0.1) is 12.2 Å². The van der Waals surface area contributed by atoms with E-state index in [1.165, 1.54) is 33.3 Å². The molecule has 1 aromatic heterocycles. The van der Waals surface area contributed by atoms with Gasteiger partial charge in [0.1, 0.15) is 0 Å². The molecule has 0 spiro atoms. The molecule has 0 amide bonds. The van der Waals surface area contributed by atoms with E-state index in [-0.39, 0.29) is 0 Å². The molecule has 2 nitrogen and oxygen atoms in total. The third-order valence-electron chi connectivity index (χ3n) is 3.94. The number of aromatic nitrogens is 1. The average Bonchev–Trinajstić information content (AvgIpc) is 2.59. The van der Waals surface area contributed by atoms with Crippen LogP contribution in [0.4, 0.5) is 0 Å². The number of hydrogen-bond acceptors (Lipinski definition) is 1. The summed E-state index contributed by atoms with van der Waals surface area (Å²) in [5, 5.41) is 4.89. The number of aryl methyl sites for hydroxylation is 3.